The predicted octanol–water partition coefficient (Wildman–Crippen LogP) is 4.36. The summed E-state index contributed by atoms with van der Waals surface area (Å²) in [6.45, 7) is 16.7. The third kappa shape index (κ3) is 11.6. The molecule has 0 atom stereocenters. The summed E-state index contributed by atoms with van der Waals surface area (Å²) >= 11 is 1.06. The number of nitrogens with zero attached hydrogens (tertiary/aromatic N) is 1. The standard InChI is InChI=1S/C14H22O2.C13H20N2O3.O.V/c1-13(2,3)9-7-10(14(4,5)6)12(16)11(15)8-9;1-2-18-12-5-3-4-11(13(12)17)10-15-7-6-14-8-9-16;;/h7-8,15-16H,1-6H3;3-5,10,14,16-17H,2,6-9H2,1H3;;. The molecule has 0 aliphatic carbocycles. The zero-order chi connectivity index (χ0) is 27.9. The summed E-state index contributed by atoms with van der Waals surface area (Å²) in [7, 11) is 0. The minimum atomic E-state index is -0.178. The molecule has 36 heavy (non-hydrogen) atoms. The number of aliphatic hydroxyl groups is 1. The molecule has 0 unspecified atom stereocenters. The number of benzene rings is 2. The Morgan fingerprint density at radius 3 is 2.14 bits per heavy atom. The number of aromatic hydroxyl groups is 3. The molecule has 2 aromatic rings. The van der Waals surface area contributed by atoms with Crippen LogP contribution in [0.1, 0.15) is 65.2 Å². The number of hydrogen-bond donors (Lipinski definition) is 5. The molecule has 9 heteroatoms. The normalized spacial score (nSPS) is 11.3. The van der Waals surface area contributed by atoms with Crippen LogP contribution in [0.4, 0.5) is 0 Å². The Bertz CT molecular complexity index is 953. The first kappa shape index (κ1) is 33.6. The summed E-state index contributed by atoms with van der Waals surface area (Å²) in [5, 5.41) is 41.1. The molecule has 0 aliphatic rings. The van der Waals surface area contributed by atoms with Crippen LogP contribution in [0, 0.1) is 0 Å². The Balaban J connectivity index is 0.000000640. The quantitative estimate of drug-likeness (QED) is 0.191. The number of aliphatic imine (C=N–C) groups is 1. The van der Waals surface area contributed by atoms with Crippen LogP contribution in [-0.4, -0.2) is 59.5 Å². The summed E-state index contributed by atoms with van der Waals surface area (Å²) in [6, 6.07) is 8.94. The average Bonchev–Trinajstić information content (AvgIpc) is 2.80. The molecule has 0 bridgehead atoms. The SMILES string of the molecule is CC(C)(C)c1cc(O)c(O)c(C(C)(C)C)c1.CCOc1cccc(C=NCCNCCO)c1O.[O]=[V]. The van der Waals surface area contributed by atoms with Gasteiger partial charge in [-0.1, -0.05) is 53.7 Å². The molecule has 0 saturated heterocycles. The van der Waals surface area contributed by atoms with Gasteiger partial charge in [-0.25, -0.2) is 0 Å². The van der Waals surface area contributed by atoms with Crippen LogP contribution in [0.15, 0.2) is 35.3 Å². The van der Waals surface area contributed by atoms with E-state index in [1.165, 1.54) is 0 Å². The van der Waals surface area contributed by atoms with E-state index in [2.05, 4.69) is 31.1 Å². The molecule has 0 saturated carbocycles. The number of para-hydroxylation sites is 1. The monoisotopic (exact) mass is 541 g/mol. The second-order valence-electron chi connectivity index (χ2n) is 10.0. The van der Waals surface area contributed by atoms with E-state index in [1.54, 1.807) is 24.4 Å². The zero-order valence-electron chi connectivity index (χ0n) is 22.5. The van der Waals surface area contributed by atoms with Gasteiger partial charge in [-0.05, 0) is 41.5 Å². The van der Waals surface area contributed by atoms with E-state index in [0.29, 0.717) is 37.6 Å². The molecular formula is C27H42N2O6V. The molecule has 0 spiro atoms. The van der Waals surface area contributed by atoms with Crippen LogP contribution < -0.4 is 10.1 Å². The molecule has 8 nitrogen and oxygen atoms in total. The number of phenols is 3. The van der Waals surface area contributed by atoms with Gasteiger partial charge in [0.1, 0.15) is 0 Å². The van der Waals surface area contributed by atoms with Crippen molar-refractivity contribution in [2.75, 3.05) is 32.8 Å². The van der Waals surface area contributed by atoms with Gasteiger partial charge in [0.25, 0.3) is 0 Å². The maximum atomic E-state index is 9.90. The van der Waals surface area contributed by atoms with E-state index in [0.717, 1.165) is 28.5 Å². The number of ether oxygens (including phenoxy) is 1. The maximum absolute atomic E-state index is 9.90. The van der Waals surface area contributed by atoms with Crippen LogP contribution in [0.3, 0.4) is 0 Å². The summed E-state index contributed by atoms with van der Waals surface area (Å²) in [5.41, 5.74) is 2.25. The van der Waals surface area contributed by atoms with Crippen LogP contribution in [0.2, 0.25) is 0 Å². The third-order valence-electron chi connectivity index (χ3n) is 5.03. The van der Waals surface area contributed by atoms with Gasteiger partial charge in [0.2, 0.25) is 0 Å². The predicted molar refractivity (Wildman–Crippen MR) is 140 cm³/mol. The van der Waals surface area contributed by atoms with Gasteiger partial charge >= 0.3 is 21.0 Å². The number of phenolic OH excluding ortho intramolecular Hbond substituents is 3. The Labute approximate surface area is 224 Å². The molecule has 2 rings (SSSR count). The molecule has 2 aromatic carbocycles. The molecule has 5 N–H and O–H groups in total. The van der Waals surface area contributed by atoms with Crippen molar-refractivity contribution in [1.82, 2.24) is 5.32 Å². The molecule has 0 amide bonds. The zero-order valence-corrected chi connectivity index (χ0v) is 23.9. The number of rotatable bonds is 8. The first-order valence-corrected chi connectivity index (χ1v) is 12.4. The van der Waals surface area contributed by atoms with Gasteiger partial charge in [-0.15, -0.1) is 0 Å². The van der Waals surface area contributed by atoms with E-state index in [-0.39, 0.29) is 34.7 Å². The number of hydrogen-bond acceptors (Lipinski definition) is 8. The fourth-order valence-corrected chi connectivity index (χ4v) is 3.05. The summed E-state index contributed by atoms with van der Waals surface area (Å²) in [6.07, 6.45) is 1.62. The summed E-state index contributed by atoms with van der Waals surface area (Å²) in [4.78, 5) is 4.19. The van der Waals surface area contributed by atoms with Crippen LogP contribution in [0.5, 0.6) is 23.0 Å². The van der Waals surface area contributed by atoms with Crippen molar-refractivity contribution in [3.63, 3.8) is 0 Å². The summed E-state index contributed by atoms with van der Waals surface area (Å²) < 4.78 is 13.5. The van der Waals surface area contributed by atoms with E-state index in [1.807, 2.05) is 39.8 Å². The van der Waals surface area contributed by atoms with E-state index in [4.69, 9.17) is 13.5 Å². The van der Waals surface area contributed by atoms with Gasteiger partial charge in [0.05, 0.1) is 19.8 Å². The van der Waals surface area contributed by atoms with E-state index >= 15 is 0 Å². The molecule has 0 heterocycles. The van der Waals surface area contributed by atoms with E-state index in [9.17, 15) is 15.3 Å². The van der Waals surface area contributed by atoms with E-state index < -0.39 is 0 Å². The fourth-order valence-electron chi connectivity index (χ4n) is 3.05. The van der Waals surface area contributed by atoms with Crippen molar-refractivity contribution in [1.29, 1.82) is 0 Å². The second-order valence-corrected chi connectivity index (χ2v) is 10.0. The van der Waals surface area contributed by atoms with Crippen molar-refractivity contribution in [2.45, 2.75) is 59.3 Å². The number of aliphatic hydroxyl groups excluding tert-OH is 1. The number of nitrogens with one attached hydrogen (secondary N) is 1. The Morgan fingerprint density at radius 2 is 1.61 bits per heavy atom. The van der Waals surface area contributed by atoms with Gasteiger partial charge in [-0.2, -0.15) is 0 Å². The third-order valence-corrected chi connectivity index (χ3v) is 5.03. The van der Waals surface area contributed by atoms with Crippen LogP contribution in [-0.2, 0) is 31.9 Å². The van der Waals surface area contributed by atoms with Crippen LogP contribution in [0.25, 0.3) is 0 Å². The summed E-state index contributed by atoms with van der Waals surface area (Å²) in [5.74, 6) is 0.559. The van der Waals surface area contributed by atoms with Gasteiger partial charge in [0.15, 0.2) is 23.0 Å². The molecule has 0 radical (unpaired) electrons. The van der Waals surface area contributed by atoms with Crippen LogP contribution >= 0.6 is 0 Å². The van der Waals surface area contributed by atoms with Crippen molar-refractivity contribution in [3.8, 4) is 23.0 Å². The second kappa shape index (κ2) is 16.4. The van der Waals surface area contributed by atoms with Gasteiger partial charge < -0.3 is 30.5 Å². The van der Waals surface area contributed by atoms with Gasteiger partial charge in [-0.3, -0.25) is 4.99 Å². The first-order valence-electron chi connectivity index (χ1n) is 11.8. The molecule has 0 aliphatic heterocycles. The van der Waals surface area contributed by atoms with Crippen molar-refractivity contribution < 1.29 is 46.2 Å². The Morgan fingerprint density at radius 1 is 0.972 bits per heavy atom. The average molecular weight is 542 g/mol. The Kier molecular flexibility index (Phi) is 15.3. The fraction of sp³-hybridized carbons (Fsp3) is 0.519. The molecular weight excluding hydrogens is 499 g/mol. The first-order chi connectivity index (χ1) is 16.8. The van der Waals surface area contributed by atoms with Crippen molar-refractivity contribution >= 4 is 6.21 Å². The van der Waals surface area contributed by atoms with Gasteiger partial charge in [0, 0.05) is 30.4 Å². The topological polar surface area (TPSA) is 132 Å². The Hall–Kier alpha value is -2.39. The minimum absolute atomic E-state index is 0.000463. The molecule has 0 aromatic heterocycles. The van der Waals surface area contributed by atoms with Crippen molar-refractivity contribution in [2.24, 2.45) is 4.99 Å². The molecule has 201 valence electrons. The van der Waals surface area contributed by atoms with Crippen molar-refractivity contribution in [3.05, 3.63) is 47.0 Å². The molecule has 0 fully saturated rings.